The summed E-state index contributed by atoms with van der Waals surface area (Å²) in [5.74, 6) is -0.334. The Morgan fingerprint density at radius 2 is 1.81 bits per heavy atom. The van der Waals surface area contributed by atoms with E-state index in [1.165, 1.54) is 17.0 Å². The van der Waals surface area contributed by atoms with Crippen LogP contribution in [0.3, 0.4) is 0 Å². The Balaban J connectivity index is 1.80. The van der Waals surface area contributed by atoms with Crippen LogP contribution in [0.1, 0.15) is 59.9 Å². The molecule has 2 aromatic carbocycles. The number of rotatable bonds is 7. The highest BCUT2D eigenvalue weighted by atomic mass is 32.2. The van der Waals surface area contributed by atoms with Crippen LogP contribution in [0.25, 0.3) is 0 Å². The van der Waals surface area contributed by atoms with Crippen molar-refractivity contribution in [2.24, 2.45) is 5.92 Å². The molecule has 8 nitrogen and oxygen atoms in total. The number of carbonyl (C=O) groups is 2. The molecule has 2 aromatic rings. The lowest BCUT2D eigenvalue weighted by molar-refractivity contribution is 0.0916. The minimum atomic E-state index is -3.34. The number of hydrogen-bond acceptors (Lipinski definition) is 5. The summed E-state index contributed by atoms with van der Waals surface area (Å²) in [5, 5.41) is 22.1. The largest absolute Gasteiger partial charge is 0.465 e. The molecule has 1 heterocycles. The summed E-state index contributed by atoms with van der Waals surface area (Å²) < 4.78 is 24.0. The molecule has 1 aliphatic heterocycles. The van der Waals surface area contributed by atoms with E-state index < -0.39 is 27.9 Å². The van der Waals surface area contributed by atoms with E-state index in [1.807, 2.05) is 13.8 Å². The lowest BCUT2D eigenvalue weighted by Gasteiger charge is -2.25. The Kier molecular flexibility index (Phi) is 6.90. The fourth-order valence-electron chi connectivity index (χ4n) is 4.08. The van der Waals surface area contributed by atoms with Crippen molar-refractivity contribution in [3.8, 4) is 0 Å². The zero-order valence-corrected chi connectivity index (χ0v) is 19.1. The lowest BCUT2D eigenvalue weighted by atomic mass is 9.94. The molecule has 0 radical (unpaired) electrons. The van der Waals surface area contributed by atoms with Gasteiger partial charge in [0.1, 0.15) is 0 Å². The van der Waals surface area contributed by atoms with Gasteiger partial charge in [0, 0.05) is 5.56 Å². The molecule has 0 bridgehead atoms. The van der Waals surface area contributed by atoms with Crippen molar-refractivity contribution in [3.05, 3.63) is 64.7 Å². The van der Waals surface area contributed by atoms with E-state index in [0.717, 1.165) is 11.1 Å². The van der Waals surface area contributed by atoms with Crippen LogP contribution in [-0.2, 0) is 16.4 Å². The van der Waals surface area contributed by atoms with Crippen LogP contribution in [-0.4, -0.2) is 47.9 Å². The van der Waals surface area contributed by atoms with Crippen molar-refractivity contribution in [2.75, 3.05) is 12.4 Å². The fourth-order valence-corrected chi connectivity index (χ4v) is 4.96. The number of amides is 2. The molecular formula is C23H28N2O6S. The number of benzene rings is 2. The molecule has 3 N–H and O–H groups in total. The first-order chi connectivity index (χ1) is 15.1. The standard InChI is InChI=1S/C23H28N2O6S/c1-4-32(30,31)18-8-5-15(6-9-18)20(13-26)24-22(27)16-7-10-19-17(11-16)12-25(23(28)29)21(19)14(2)3/h5-11,14,20-21,26H,4,12-13H2,1-3H3,(H,24,27)(H,28,29)/t20-,21-/m0/s1. The van der Waals surface area contributed by atoms with Crippen LogP contribution >= 0.6 is 0 Å². The molecule has 0 unspecified atom stereocenters. The number of aliphatic hydroxyl groups is 1. The maximum absolute atomic E-state index is 12.8. The Hall–Kier alpha value is -2.91. The molecule has 0 spiro atoms. The quantitative estimate of drug-likeness (QED) is 0.583. The third-order valence-electron chi connectivity index (χ3n) is 5.79. The van der Waals surface area contributed by atoms with Gasteiger partial charge >= 0.3 is 6.09 Å². The van der Waals surface area contributed by atoms with Crippen molar-refractivity contribution in [1.29, 1.82) is 0 Å². The van der Waals surface area contributed by atoms with Crippen molar-refractivity contribution in [1.82, 2.24) is 10.2 Å². The summed E-state index contributed by atoms with van der Waals surface area (Å²) in [6.07, 6.45) is -1.00. The predicted molar refractivity (Wildman–Crippen MR) is 119 cm³/mol. The van der Waals surface area contributed by atoms with Gasteiger partial charge in [0.15, 0.2) is 9.84 Å². The SMILES string of the molecule is CCS(=O)(=O)c1ccc([C@H](CO)NC(=O)c2ccc3c(c2)CN(C(=O)O)[C@H]3C(C)C)cc1. The second kappa shape index (κ2) is 9.30. The Morgan fingerprint density at radius 1 is 1.16 bits per heavy atom. The fraction of sp³-hybridized carbons (Fsp3) is 0.391. The van der Waals surface area contributed by atoms with Crippen LogP contribution in [0.5, 0.6) is 0 Å². The van der Waals surface area contributed by atoms with Gasteiger partial charge in [-0.1, -0.05) is 39.0 Å². The second-order valence-electron chi connectivity index (χ2n) is 8.19. The van der Waals surface area contributed by atoms with Gasteiger partial charge in [0.2, 0.25) is 0 Å². The number of nitrogens with one attached hydrogen (secondary N) is 1. The van der Waals surface area contributed by atoms with Crippen LogP contribution in [0.2, 0.25) is 0 Å². The molecule has 0 aliphatic carbocycles. The third kappa shape index (κ3) is 4.63. The van der Waals surface area contributed by atoms with Gasteiger partial charge in [0.25, 0.3) is 5.91 Å². The summed E-state index contributed by atoms with van der Waals surface area (Å²) >= 11 is 0. The number of carbonyl (C=O) groups excluding carboxylic acids is 1. The first-order valence-corrected chi connectivity index (χ1v) is 12.1. The molecule has 172 valence electrons. The number of nitrogens with zero attached hydrogens (tertiary/aromatic N) is 1. The van der Waals surface area contributed by atoms with E-state index in [4.69, 9.17) is 0 Å². The number of aliphatic hydroxyl groups excluding tert-OH is 1. The first-order valence-electron chi connectivity index (χ1n) is 10.5. The summed E-state index contributed by atoms with van der Waals surface area (Å²) in [4.78, 5) is 26.0. The number of carboxylic acid groups (broad SMARTS) is 1. The summed E-state index contributed by atoms with van der Waals surface area (Å²) in [6.45, 7) is 5.33. The molecular weight excluding hydrogens is 432 g/mol. The molecule has 2 atom stereocenters. The van der Waals surface area contributed by atoms with E-state index in [1.54, 1.807) is 37.3 Å². The molecule has 0 saturated heterocycles. The molecule has 0 fully saturated rings. The monoisotopic (exact) mass is 460 g/mol. The highest BCUT2D eigenvalue weighted by Crippen LogP contribution is 2.39. The van der Waals surface area contributed by atoms with Crippen molar-refractivity contribution in [3.63, 3.8) is 0 Å². The Morgan fingerprint density at radius 3 is 2.34 bits per heavy atom. The third-order valence-corrected chi connectivity index (χ3v) is 7.54. The molecule has 3 rings (SSSR count). The van der Waals surface area contributed by atoms with Gasteiger partial charge in [-0.25, -0.2) is 13.2 Å². The van der Waals surface area contributed by atoms with E-state index >= 15 is 0 Å². The topological polar surface area (TPSA) is 124 Å². The highest BCUT2D eigenvalue weighted by Gasteiger charge is 2.35. The average molecular weight is 461 g/mol. The van der Waals surface area contributed by atoms with Crippen molar-refractivity contribution in [2.45, 2.75) is 44.3 Å². The highest BCUT2D eigenvalue weighted by molar-refractivity contribution is 7.91. The van der Waals surface area contributed by atoms with Crippen LogP contribution < -0.4 is 5.32 Å². The maximum atomic E-state index is 12.8. The van der Waals surface area contributed by atoms with Crippen LogP contribution in [0.4, 0.5) is 4.79 Å². The molecule has 9 heteroatoms. The van der Waals surface area contributed by atoms with E-state index in [9.17, 15) is 28.2 Å². The van der Waals surface area contributed by atoms with E-state index in [2.05, 4.69) is 5.32 Å². The van der Waals surface area contributed by atoms with Gasteiger partial charge in [0.05, 0.1) is 35.9 Å². The molecule has 32 heavy (non-hydrogen) atoms. The van der Waals surface area contributed by atoms with E-state index in [-0.39, 0.29) is 35.8 Å². The van der Waals surface area contributed by atoms with Crippen molar-refractivity contribution >= 4 is 21.8 Å². The van der Waals surface area contributed by atoms with Crippen LogP contribution in [0.15, 0.2) is 47.4 Å². The van der Waals surface area contributed by atoms with Gasteiger partial charge in [-0.05, 0) is 46.9 Å². The second-order valence-corrected chi connectivity index (χ2v) is 10.5. The Labute approximate surface area is 187 Å². The molecule has 0 saturated carbocycles. The zero-order valence-electron chi connectivity index (χ0n) is 18.3. The van der Waals surface area contributed by atoms with Crippen LogP contribution in [0, 0.1) is 5.92 Å². The van der Waals surface area contributed by atoms with Crippen molar-refractivity contribution < 1.29 is 28.2 Å². The zero-order chi connectivity index (χ0) is 23.6. The van der Waals surface area contributed by atoms with Gasteiger partial charge in [-0.15, -0.1) is 0 Å². The number of fused-ring (bicyclic) bond motifs is 1. The normalized spacial score (nSPS) is 16.7. The maximum Gasteiger partial charge on any atom is 0.408 e. The summed E-state index contributed by atoms with van der Waals surface area (Å²) in [5.41, 5.74) is 2.62. The smallest absolute Gasteiger partial charge is 0.408 e. The summed E-state index contributed by atoms with van der Waals surface area (Å²) in [6, 6.07) is 10.2. The number of hydrogen-bond donors (Lipinski definition) is 3. The minimum Gasteiger partial charge on any atom is -0.465 e. The molecule has 2 amide bonds. The number of sulfone groups is 1. The Bertz CT molecular complexity index is 1110. The predicted octanol–water partition coefficient (Wildman–Crippen LogP) is 3.13. The molecule has 0 aromatic heterocycles. The van der Waals surface area contributed by atoms with Gasteiger partial charge in [-0.2, -0.15) is 0 Å². The minimum absolute atomic E-state index is 0.0121. The van der Waals surface area contributed by atoms with Gasteiger partial charge in [-0.3, -0.25) is 9.69 Å². The lowest BCUT2D eigenvalue weighted by Crippen LogP contribution is -2.30. The summed E-state index contributed by atoms with van der Waals surface area (Å²) in [7, 11) is -3.34. The van der Waals surface area contributed by atoms with E-state index in [0.29, 0.717) is 11.1 Å². The van der Waals surface area contributed by atoms with Gasteiger partial charge < -0.3 is 15.5 Å². The molecule has 1 aliphatic rings. The average Bonchev–Trinajstić information content (AvgIpc) is 3.17. The first kappa shape index (κ1) is 23.7.